The van der Waals surface area contributed by atoms with Crippen LogP contribution in [0.5, 0.6) is 5.75 Å². The molecule has 23 heavy (non-hydrogen) atoms. The first-order chi connectivity index (χ1) is 11.1. The summed E-state index contributed by atoms with van der Waals surface area (Å²) in [6.45, 7) is 4.79. The quantitative estimate of drug-likeness (QED) is 0.631. The van der Waals surface area contributed by atoms with Crippen LogP contribution >= 0.6 is 11.6 Å². The summed E-state index contributed by atoms with van der Waals surface area (Å²) in [7, 11) is 0. The van der Waals surface area contributed by atoms with Crippen molar-refractivity contribution in [2.75, 3.05) is 5.32 Å². The third-order valence-electron chi connectivity index (χ3n) is 3.67. The van der Waals surface area contributed by atoms with Gasteiger partial charge in [0.15, 0.2) is 0 Å². The van der Waals surface area contributed by atoms with Gasteiger partial charge in [-0.05, 0) is 55.0 Å². The van der Waals surface area contributed by atoms with Gasteiger partial charge in [-0.25, -0.2) is 0 Å². The molecule has 0 radical (unpaired) electrons. The smallest absolute Gasteiger partial charge is 0.125 e. The summed E-state index contributed by atoms with van der Waals surface area (Å²) in [6, 6.07) is 20.3. The normalized spacial score (nSPS) is 11.0. The second-order valence-corrected chi connectivity index (χ2v) is 6.23. The Morgan fingerprint density at radius 1 is 0.957 bits per heavy atom. The van der Waals surface area contributed by atoms with Gasteiger partial charge in [-0.2, -0.15) is 0 Å². The molecule has 3 aromatic rings. The summed E-state index contributed by atoms with van der Waals surface area (Å²) >= 11 is 5.94. The molecule has 0 spiro atoms. The molecule has 0 unspecified atom stereocenters. The second kappa shape index (κ2) is 6.93. The van der Waals surface area contributed by atoms with Crippen molar-refractivity contribution < 1.29 is 4.74 Å². The van der Waals surface area contributed by atoms with Crippen LogP contribution in [0.2, 0.25) is 5.02 Å². The van der Waals surface area contributed by atoms with Gasteiger partial charge >= 0.3 is 0 Å². The number of rotatable bonds is 5. The Morgan fingerprint density at radius 2 is 1.70 bits per heavy atom. The number of ether oxygens (including phenoxy) is 1. The molecule has 0 heterocycles. The molecule has 0 saturated heterocycles. The molecule has 3 rings (SSSR count). The van der Waals surface area contributed by atoms with Crippen molar-refractivity contribution >= 4 is 28.1 Å². The number of fused-ring (bicyclic) bond motifs is 1. The average Bonchev–Trinajstić information content (AvgIpc) is 2.55. The molecule has 0 saturated carbocycles. The van der Waals surface area contributed by atoms with Crippen molar-refractivity contribution in [3.05, 3.63) is 71.2 Å². The summed E-state index contributed by atoms with van der Waals surface area (Å²) in [4.78, 5) is 0. The van der Waals surface area contributed by atoms with E-state index in [2.05, 4.69) is 41.7 Å². The largest absolute Gasteiger partial charge is 0.491 e. The van der Waals surface area contributed by atoms with Crippen molar-refractivity contribution in [1.29, 1.82) is 0 Å². The van der Waals surface area contributed by atoms with Crippen molar-refractivity contribution in [3.8, 4) is 5.75 Å². The Kier molecular flexibility index (Phi) is 4.73. The lowest BCUT2D eigenvalue weighted by atomic mass is 10.0. The number of hydrogen-bond donors (Lipinski definition) is 1. The average molecular weight is 326 g/mol. The van der Waals surface area contributed by atoms with E-state index in [4.69, 9.17) is 16.3 Å². The molecule has 0 aromatic heterocycles. The van der Waals surface area contributed by atoms with Gasteiger partial charge in [0, 0.05) is 22.8 Å². The predicted molar refractivity (Wildman–Crippen MR) is 98.5 cm³/mol. The van der Waals surface area contributed by atoms with Crippen LogP contribution in [0, 0.1) is 0 Å². The van der Waals surface area contributed by atoms with Crippen molar-refractivity contribution in [2.45, 2.75) is 26.5 Å². The molecule has 1 N–H and O–H groups in total. The van der Waals surface area contributed by atoms with E-state index in [-0.39, 0.29) is 6.10 Å². The van der Waals surface area contributed by atoms with Gasteiger partial charge in [0.1, 0.15) is 5.75 Å². The molecule has 2 nitrogen and oxygen atoms in total. The Hall–Kier alpha value is -2.19. The van der Waals surface area contributed by atoms with Gasteiger partial charge in [-0.3, -0.25) is 0 Å². The van der Waals surface area contributed by atoms with Gasteiger partial charge in [0.2, 0.25) is 0 Å². The van der Waals surface area contributed by atoms with E-state index in [1.54, 1.807) is 0 Å². The van der Waals surface area contributed by atoms with E-state index in [0.717, 1.165) is 16.5 Å². The summed E-state index contributed by atoms with van der Waals surface area (Å²) in [5, 5.41) is 6.63. The zero-order valence-electron chi connectivity index (χ0n) is 13.3. The topological polar surface area (TPSA) is 21.3 Å². The first-order valence-electron chi connectivity index (χ1n) is 7.80. The lowest BCUT2D eigenvalue weighted by Gasteiger charge is -2.17. The van der Waals surface area contributed by atoms with Gasteiger partial charge < -0.3 is 10.1 Å². The van der Waals surface area contributed by atoms with E-state index in [1.165, 1.54) is 16.3 Å². The van der Waals surface area contributed by atoms with Crippen LogP contribution in [-0.2, 0) is 6.54 Å². The minimum Gasteiger partial charge on any atom is -0.491 e. The number of anilines is 1. The van der Waals surface area contributed by atoms with E-state index in [0.29, 0.717) is 6.54 Å². The molecular weight excluding hydrogens is 306 g/mol. The van der Waals surface area contributed by atoms with Gasteiger partial charge in [0.05, 0.1) is 6.10 Å². The maximum atomic E-state index is 6.00. The summed E-state index contributed by atoms with van der Waals surface area (Å²) in [5.74, 6) is 0.931. The lowest BCUT2D eigenvalue weighted by Crippen LogP contribution is -2.09. The van der Waals surface area contributed by atoms with Crippen molar-refractivity contribution in [3.63, 3.8) is 0 Å². The molecule has 3 heteroatoms. The maximum Gasteiger partial charge on any atom is 0.125 e. The third-order valence-corrected chi connectivity index (χ3v) is 3.93. The molecule has 118 valence electrons. The maximum absolute atomic E-state index is 6.00. The second-order valence-electron chi connectivity index (χ2n) is 5.79. The lowest BCUT2D eigenvalue weighted by molar-refractivity contribution is 0.240. The highest BCUT2D eigenvalue weighted by Gasteiger charge is 2.10. The Balaban J connectivity index is 1.94. The molecule has 0 aliphatic rings. The molecular formula is C20H20ClNO. The molecule has 0 bridgehead atoms. The molecule has 0 fully saturated rings. The van der Waals surface area contributed by atoms with Crippen LogP contribution in [0.3, 0.4) is 0 Å². The van der Waals surface area contributed by atoms with Crippen molar-refractivity contribution in [2.24, 2.45) is 0 Å². The summed E-state index contributed by atoms with van der Waals surface area (Å²) in [5.41, 5.74) is 2.21. The van der Waals surface area contributed by atoms with E-state index >= 15 is 0 Å². The predicted octanol–water partition coefficient (Wildman–Crippen LogP) is 5.89. The number of benzene rings is 3. The molecule has 3 aromatic carbocycles. The van der Waals surface area contributed by atoms with Crippen LogP contribution in [0.4, 0.5) is 5.69 Å². The van der Waals surface area contributed by atoms with Crippen LogP contribution in [-0.4, -0.2) is 6.10 Å². The highest BCUT2D eigenvalue weighted by molar-refractivity contribution is 6.30. The van der Waals surface area contributed by atoms with Crippen LogP contribution < -0.4 is 10.1 Å². The van der Waals surface area contributed by atoms with Gasteiger partial charge in [0.25, 0.3) is 0 Å². The fraction of sp³-hybridized carbons (Fsp3) is 0.200. The highest BCUT2D eigenvalue weighted by atomic mass is 35.5. The summed E-state index contributed by atoms with van der Waals surface area (Å²) < 4.78 is 6.00. The number of halogens is 1. The minimum absolute atomic E-state index is 0.144. The first kappa shape index (κ1) is 15.7. The standard InChI is InChI=1S/C20H20ClNO/c1-14(2)23-20-12-7-15-5-3-4-6-18(15)19(20)13-22-17-10-8-16(21)9-11-17/h3-12,14,22H,13H2,1-2H3. The molecule has 0 aliphatic carbocycles. The molecule has 0 amide bonds. The first-order valence-corrected chi connectivity index (χ1v) is 8.18. The van der Waals surface area contributed by atoms with E-state index < -0.39 is 0 Å². The Morgan fingerprint density at radius 3 is 2.43 bits per heavy atom. The zero-order valence-corrected chi connectivity index (χ0v) is 14.1. The molecule has 0 aliphatic heterocycles. The number of hydrogen-bond acceptors (Lipinski definition) is 2. The van der Waals surface area contributed by atoms with Crippen LogP contribution in [0.25, 0.3) is 10.8 Å². The highest BCUT2D eigenvalue weighted by Crippen LogP contribution is 2.29. The van der Waals surface area contributed by atoms with Crippen molar-refractivity contribution in [1.82, 2.24) is 0 Å². The minimum atomic E-state index is 0.144. The Bertz CT molecular complexity index is 796. The molecule has 0 atom stereocenters. The fourth-order valence-electron chi connectivity index (χ4n) is 2.62. The summed E-state index contributed by atoms with van der Waals surface area (Å²) in [6.07, 6.45) is 0.144. The van der Waals surface area contributed by atoms with Crippen LogP contribution in [0.15, 0.2) is 60.7 Å². The van der Waals surface area contributed by atoms with Gasteiger partial charge in [-0.1, -0.05) is 41.9 Å². The van der Waals surface area contributed by atoms with E-state index in [9.17, 15) is 0 Å². The zero-order chi connectivity index (χ0) is 16.2. The Labute approximate surface area is 142 Å². The van der Waals surface area contributed by atoms with E-state index in [1.807, 2.05) is 38.1 Å². The fourth-order valence-corrected chi connectivity index (χ4v) is 2.75. The SMILES string of the molecule is CC(C)Oc1ccc2ccccc2c1CNc1ccc(Cl)cc1. The number of nitrogens with one attached hydrogen (secondary N) is 1. The third kappa shape index (κ3) is 3.77. The monoisotopic (exact) mass is 325 g/mol. The van der Waals surface area contributed by atoms with Crippen LogP contribution in [0.1, 0.15) is 19.4 Å². The van der Waals surface area contributed by atoms with Gasteiger partial charge in [-0.15, -0.1) is 0 Å².